The van der Waals surface area contributed by atoms with Gasteiger partial charge in [0, 0.05) is 5.57 Å². The standard InChI is InChI=1S/C4H5NO2S/c1-3(2)4(6)5-8-7/h1H2,2H3. The van der Waals surface area contributed by atoms with Crippen molar-refractivity contribution in [2.45, 2.75) is 6.92 Å². The number of nitrogens with zero attached hydrogens (tertiary/aromatic N) is 1. The van der Waals surface area contributed by atoms with Crippen LogP contribution in [0.5, 0.6) is 0 Å². The zero-order valence-electron chi connectivity index (χ0n) is 4.38. The molecule has 0 saturated carbocycles. The molecule has 4 heteroatoms. The second kappa shape index (κ2) is 3.26. The van der Waals surface area contributed by atoms with Crippen molar-refractivity contribution in [3.05, 3.63) is 12.2 Å². The van der Waals surface area contributed by atoms with Crippen molar-refractivity contribution in [3.8, 4) is 0 Å². The lowest BCUT2D eigenvalue weighted by Crippen LogP contribution is -1.89. The van der Waals surface area contributed by atoms with E-state index in [4.69, 9.17) is 0 Å². The predicted molar refractivity (Wildman–Crippen MR) is 30.4 cm³/mol. The van der Waals surface area contributed by atoms with Crippen LogP contribution in [0.3, 0.4) is 0 Å². The van der Waals surface area contributed by atoms with E-state index in [-0.39, 0.29) is 17.0 Å². The normalized spacial score (nSPS) is 7.62. The van der Waals surface area contributed by atoms with Crippen molar-refractivity contribution in [3.63, 3.8) is 0 Å². The van der Waals surface area contributed by atoms with Gasteiger partial charge < -0.3 is 0 Å². The molecule has 0 N–H and O–H groups in total. The van der Waals surface area contributed by atoms with E-state index in [0.717, 1.165) is 0 Å². The molecule has 0 aromatic rings. The van der Waals surface area contributed by atoms with E-state index in [2.05, 4.69) is 10.9 Å². The van der Waals surface area contributed by atoms with Crippen LogP contribution in [0.1, 0.15) is 6.92 Å². The molecule has 44 valence electrons. The Balaban J connectivity index is 4.05. The molecule has 0 unspecified atom stereocenters. The van der Waals surface area contributed by atoms with Crippen molar-refractivity contribution in [2.75, 3.05) is 0 Å². The average Bonchev–Trinajstić information content (AvgIpc) is 1.67. The number of amides is 1. The van der Waals surface area contributed by atoms with Crippen LogP contribution >= 0.6 is 0 Å². The molecule has 0 radical (unpaired) electrons. The van der Waals surface area contributed by atoms with Crippen LogP contribution < -0.4 is 0 Å². The van der Waals surface area contributed by atoms with Gasteiger partial charge in [-0.25, -0.2) is 0 Å². The van der Waals surface area contributed by atoms with Crippen molar-refractivity contribution >= 4 is 17.4 Å². The molecule has 0 fully saturated rings. The smallest absolute Gasteiger partial charge is 0.266 e. The summed E-state index contributed by atoms with van der Waals surface area (Å²) in [5.41, 5.74) is 0.286. The van der Waals surface area contributed by atoms with Gasteiger partial charge in [0.1, 0.15) is 0 Å². The van der Waals surface area contributed by atoms with E-state index in [1.54, 1.807) is 0 Å². The lowest BCUT2D eigenvalue weighted by molar-refractivity contribution is -0.114. The molecule has 0 aromatic carbocycles. The highest BCUT2D eigenvalue weighted by Gasteiger charge is 1.94. The predicted octanol–water partition coefficient (Wildman–Crippen LogP) is 0.486. The maximum Gasteiger partial charge on any atom is 0.285 e. The van der Waals surface area contributed by atoms with Crippen LogP contribution in [0, 0.1) is 0 Å². The lowest BCUT2D eigenvalue weighted by Gasteiger charge is -1.80. The van der Waals surface area contributed by atoms with Crippen molar-refractivity contribution < 1.29 is 9.00 Å². The fourth-order valence-electron chi connectivity index (χ4n) is 0.112. The minimum atomic E-state index is -0.537. The van der Waals surface area contributed by atoms with Crippen molar-refractivity contribution in [2.24, 2.45) is 4.36 Å². The number of carbonyl (C=O) groups excluding carboxylic acids is 1. The van der Waals surface area contributed by atoms with Crippen LogP contribution in [0.4, 0.5) is 0 Å². The third-order valence-electron chi connectivity index (χ3n) is 0.485. The van der Waals surface area contributed by atoms with Gasteiger partial charge in [0.05, 0.1) is 0 Å². The molecular formula is C4H5NO2S. The highest BCUT2D eigenvalue weighted by molar-refractivity contribution is 7.55. The zero-order valence-corrected chi connectivity index (χ0v) is 5.20. The zero-order chi connectivity index (χ0) is 6.57. The summed E-state index contributed by atoms with van der Waals surface area (Å²) < 4.78 is 12.5. The number of hydrogen-bond donors (Lipinski definition) is 0. The first-order valence-corrected chi connectivity index (χ1v) is 2.58. The Morgan fingerprint density at radius 3 is 2.38 bits per heavy atom. The molecule has 1 amide bonds. The third kappa shape index (κ3) is 2.41. The van der Waals surface area contributed by atoms with Crippen molar-refractivity contribution in [1.82, 2.24) is 0 Å². The number of rotatable bonds is 1. The summed E-state index contributed by atoms with van der Waals surface area (Å²) in [5.74, 6) is -0.537. The van der Waals surface area contributed by atoms with Gasteiger partial charge in [0.15, 0.2) is 0 Å². The summed E-state index contributed by atoms with van der Waals surface area (Å²) in [4.78, 5) is 10.3. The van der Waals surface area contributed by atoms with Crippen LogP contribution in [0.25, 0.3) is 0 Å². The summed E-state index contributed by atoms with van der Waals surface area (Å²) in [6, 6.07) is 0. The molecule has 3 nitrogen and oxygen atoms in total. The van der Waals surface area contributed by atoms with E-state index in [0.29, 0.717) is 0 Å². The molecule has 0 aliphatic rings. The minimum Gasteiger partial charge on any atom is -0.266 e. The summed E-state index contributed by atoms with van der Waals surface area (Å²) in [6.45, 7) is 4.78. The van der Waals surface area contributed by atoms with Crippen LogP contribution in [-0.4, -0.2) is 10.1 Å². The van der Waals surface area contributed by atoms with Gasteiger partial charge in [-0.15, -0.1) is 4.36 Å². The first-order chi connectivity index (χ1) is 3.68. The fraction of sp³-hybridized carbons (Fsp3) is 0.250. The summed E-state index contributed by atoms with van der Waals surface area (Å²) in [5, 5.41) is 0. The van der Waals surface area contributed by atoms with Crippen molar-refractivity contribution in [1.29, 1.82) is 0 Å². The van der Waals surface area contributed by atoms with Gasteiger partial charge in [-0.1, -0.05) is 6.58 Å². The highest BCUT2D eigenvalue weighted by Crippen LogP contribution is 1.87. The molecule has 0 aliphatic heterocycles. The lowest BCUT2D eigenvalue weighted by atomic mass is 10.3. The number of carbonyl (C=O) groups is 1. The largest absolute Gasteiger partial charge is 0.285 e. The highest BCUT2D eigenvalue weighted by atomic mass is 32.1. The Hall–Kier alpha value is -0.770. The SMILES string of the molecule is C=C(C)C(=O)N=S=O. The van der Waals surface area contributed by atoms with E-state index in [9.17, 15) is 9.00 Å². The third-order valence-corrected chi connectivity index (χ3v) is 0.726. The maximum atomic E-state index is 10.3. The quantitative estimate of drug-likeness (QED) is 0.486. The van der Waals surface area contributed by atoms with Gasteiger partial charge >= 0.3 is 0 Å². The monoisotopic (exact) mass is 131 g/mol. The van der Waals surface area contributed by atoms with E-state index in [1.807, 2.05) is 0 Å². The van der Waals surface area contributed by atoms with E-state index >= 15 is 0 Å². The molecule has 0 aromatic heterocycles. The second-order valence-corrected chi connectivity index (χ2v) is 1.58. The molecule has 0 spiro atoms. The summed E-state index contributed by atoms with van der Waals surface area (Å²) >= 11 is -0.0973. The Bertz CT molecular complexity index is 165. The molecule has 0 bridgehead atoms. The first-order valence-electron chi connectivity index (χ1n) is 1.88. The van der Waals surface area contributed by atoms with Gasteiger partial charge in [0.2, 0.25) is 11.5 Å². The van der Waals surface area contributed by atoms with Crippen LogP contribution in [-0.2, 0) is 16.3 Å². The maximum absolute atomic E-state index is 10.3. The number of hydrogen-bond acceptors (Lipinski definition) is 2. The van der Waals surface area contributed by atoms with Crippen LogP contribution in [0.15, 0.2) is 16.5 Å². The fourth-order valence-corrected chi connectivity index (χ4v) is 0.335. The molecular weight excluding hydrogens is 126 g/mol. The van der Waals surface area contributed by atoms with Gasteiger partial charge in [-0.3, -0.25) is 4.79 Å². The van der Waals surface area contributed by atoms with E-state index < -0.39 is 5.91 Å². The topological polar surface area (TPSA) is 46.5 Å². The minimum absolute atomic E-state index is 0.0973. The first kappa shape index (κ1) is 7.23. The van der Waals surface area contributed by atoms with E-state index in [1.165, 1.54) is 6.92 Å². The molecule has 0 atom stereocenters. The van der Waals surface area contributed by atoms with Crippen LogP contribution in [0.2, 0.25) is 0 Å². The van der Waals surface area contributed by atoms with Gasteiger partial charge in [0.25, 0.3) is 5.91 Å². The molecule has 8 heavy (non-hydrogen) atoms. The molecule has 0 aliphatic carbocycles. The Kier molecular flexibility index (Phi) is 2.95. The summed E-state index contributed by atoms with van der Waals surface area (Å²) in [7, 11) is 0. The summed E-state index contributed by atoms with van der Waals surface area (Å²) in [6.07, 6.45) is 0. The molecule has 0 saturated heterocycles. The second-order valence-electron chi connectivity index (χ2n) is 1.25. The van der Waals surface area contributed by atoms with Gasteiger partial charge in [-0.2, -0.15) is 4.21 Å². The molecule has 0 heterocycles. The molecule has 0 rings (SSSR count). The van der Waals surface area contributed by atoms with Gasteiger partial charge in [-0.05, 0) is 6.92 Å². The average molecular weight is 131 g/mol. The Morgan fingerprint density at radius 2 is 2.25 bits per heavy atom. The Morgan fingerprint density at radius 1 is 1.75 bits per heavy atom. The Labute approximate surface area is 50.6 Å².